The molecule has 0 amide bonds. The second-order valence-electron chi connectivity index (χ2n) is 14.4. The van der Waals surface area contributed by atoms with E-state index in [1.54, 1.807) is 6.20 Å². The number of nitrogens with zero attached hydrogens (tertiary/aromatic N) is 6. The molecule has 0 aliphatic rings. The van der Waals surface area contributed by atoms with Gasteiger partial charge in [-0.3, -0.25) is 8.97 Å². The van der Waals surface area contributed by atoms with E-state index in [9.17, 15) is 0 Å². The first-order chi connectivity index (χ1) is 29.8. The Morgan fingerprint density at radius 2 is 1.20 bits per heavy atom. The Balaban J connectivity index is 0.000000316. The summed E-state index contributed by atoms with van der Waals surface area (Å²) in [6.07, 6.45) is 7.21. The van der Waals surface area contributed by atoms with Crippen LogP contribution in [-0.2, 0) is 32.9 Å². The molecule has 11 aromatic rings. The summed E-state index contributed by atoms with van der Waals surface area (Å²) in [5.74, 6) is 0.886. The van der Waals surface area contributed by atoms with Gasteiger partial charge in [0.1, 0.15) is 0 Å². The molecule has 292 valence electrons. The molecule has 6 aromatic carbocycles. The van der Waals surface area contributed by atoms with E-state index in [0.717, 1.165) is 91.3 Å². The molecule has 0 unspecified atom stereocenters. The molecule has 61 heavy (non-hydrogen) atoms. The summed E-state index contributed by atoms with van der Waals surface area (Å²) in [4.78, 5) is 18.8. The van der Waals surface area contributed by atoms with Crippen LogP contribution < -0.4 is 0 Å². The Hall–Kier alpha value is -7.31. The maximum atomic E-state index is 5.26. The maximum Gasteiger partial charge on any atom is 3.00 e. The van der Waals surface area contributed by atoms with E-state index in [2.05, 4.69) is 128 Å². The van der Waals surface area contributed by atoms with E-state index in [0.29, 0.717) is 0 Å². The molecule has 11 rings (SSSR count). The molecule has 0 spiro atoms. The second-order valence-corrected chi connectivity index (χ2v) is 14.4. The van der Waals surface area contributed by atoms with Gasteiger partial charge in [-0.25, -0.2) is 4.98 Å². The van der Waals surface area contributed by atoms with Crippen molar-refractivity contribution in [1.29, 1.82) is 0 Å². The summed E-state index contributed by atoms with van der Waals surface area (Å²) in [6.45, 7) is 0. The number of benzene rings is 6. The quantitative estimate of drug-likeness (QED) is 0.142. The number of pyridine rings is 3. The molecule has 6 nitrogen and oxygen atoms in total. The van der Waals surface area contributed by atoms with Gasteiger partial charge < -0.3 is 15.0 Å². The Kier molecular flexibility index (Phi) is 11.5. The SMILES string of the molecule is [Ir+3].[c-]1ccc(-c2cccc3nc4n(-c5ccccc5)c5ccc(CCc6cccnc6-c6[c-]cccc6)cc5n4c23)cc1-c1ccccn1.[c-]1ccccc1-c1ccccn1. The van der Waals surface area contributed by atoms with Crippen LogP contribution >= 0.6 is 0 Å². The smallest absolute Gasteiger partial charge is 0.305 e. The van der Waals surface area contributed by atoms with Crippen LogP contribution in [0, 0.1) is 18.2 Å². The fraction of sp³-hybridized carbons (Fsp3) is 0.0370. The zero-order valence-corrected chi connectivity index (χ0v) is 35.4. The summed E-state index contributed by atoms with van der Waals surface area (Å²) in [5, 5.41) is 0. The van der Waals surface area contributed by atoms with Gasteiger partial charge in [-0.15, -0.1) is 102 Å². The Morgan fingerprint density at radius 3 is 1.93 bits per heavy atom. The first kappa shape index (κ1) is 39.2. The van der Waals surface area contributed by atoms with E-state index in [4.69, 9.17) is 9.97 Å². The number of fused-ring (bicyclic) bond motifs is 5. The molecule has 0 aliphatic carbocycles. The van der Waals surface area contributed by atoms with Gasteiger partial charge in [-0.1, -0.05) is 77.9 Å². The summed E-state index contributed by atoms with van der Waals surface area (Å²) in [7, 11) is 0. The molecule has 0 bridgehead atoms. The van der Waals surface area contributed by atoms with Crippen LogP contribution in [0.25, 0.3) is 78.4 Å². The van der Waals surface area contributed by atoms with Gasteiger partial charge in [0.05, 0.1) is 22.1 Å². The van der Waals surface area contributed by atoms with Crippen LogP contribution in [0.4, 0.5) is 0 Å². The molecule has 5 aromatic heterocycles. The van der Waals surface area contributed by atoms with E-state index >= 15 is 0 Å². The van der Waals surface area contributed by atoms with Crippen LogP contribution in [0.1, 0.15) is 11.1 Å². The third-order valence-electron chi connectivity index (χ3n) is 10.6. The van der Waals surface area contributed by atoms with E-state index in [-0.39, 0.29) is 20.1 Å². The number of hydrogen-bond acceptors (Lipinski definition) is 4. The number of hydrogen-bond donors (Lipinski definition) is 0. The van der Waals surface area contributed by atoms with Crippen LogP contribution in [0.15, 0.2) is 201 Å². The topological polar surface area (TPSA) is 60.9 Å². The summed E-state index contributed by atoms with van der Waals surface area (Å²) < 4.78 is 4.60. The van der Waals surface area contributed by atoms with Crippen LogP contribution in [-0.4, -0.2) is 28.9 Å². The van der Waals surface area contributed by atoms with Crippen LogP contribution in [0.2, 0.25) is 0 Å². The average molecular weight is 962 g/mol. The predicted octanol–water partition coefficient (Wildman–Crippen LogP) is 12.2. The summed E-state index contributed by atoms with van der Waals surface area (Å²) >= 11 is 0. The normalized spacial score (nSPS) is 11.0. The number of para-hydroxylation sites is 2. The molecule has 0 atom stereocenters. The zero-order valence-electron chi connectivity index (χ0n) is 33.0. The zero-order chi connectivity index (χ0) is 40.1. The maximum absolute atomic E-state index is 5.26. The molecule has 0 saturated heterocycles. The van der Waals surface area contributed by atoms with Crippen LogP contribution in [0.3, 0.4) is 0 Å². The van der Waals surface area contributed by atoms with Gasteiger partial charge >= 0.3 is 20.1 Å². The van der Waals surface area contributed by atoms with Gasteiger partial charge in [-0.2, -0.15) is 0 Å². The van der Waals surface area contributed by atoms with Crippen molar-refractivity contribution < 1.29 is 20.1 Å². The second kappa shape index (κ2) is 17.9. The molecule has 7 heteroatoms. The Morgan fingerprint density at radius 1 is 0.492 bits per heavy atom. The number of rotatable bonds is 8. The molecule has 0 N–H and O–H groups in total. The molecular weight excluding hydrogens is 925 g/mol. The van der Waals surface area contributed by atoms with Crippen molar-refractivity contribution >= 4 is 27.8 Å². The molecular formula is C54H37IrN6. The fourth-order valence-electron chi connectivity index (χ4n) is 7.84. The van der Waals surface area contributed by atoms with Gasteiger partial charge in [0.2, 0.25) is 5.78 Å². The van der Waals surface area contributed by atoms with Crippen molar-refractivity contribution in [2.24, 2.45) is 0 Å². The van der Waals surface area contributed by atoms with Gasteiger partial charge in [0.25, 0.3) is 0 Å². The minimum absolute atomic E-state index is 0. The standard InChI is InChI=1S/C43H29N5.C11H8N.Ir/c1-3-12-31(13-4-1)41-32(16-11-27-45-41)24-22-30-23-25-39-40(28-30)48-42-36(33-14-9-15-34(29-33)37-20-7-8-26-44-37)19-10-21-38(42)46-43(48)47(39)35-17-5-2-6-18-35;1-2-6-10(7-3-1)11-8-4-5-9-12-11;/h1-12,14,16-21,23,25-29H,22,24H2;1-6,8-9H;/q-2;-1;+3. The van der Waals surface area contributed by atoms with Gasteiger partial charge in [-0.05, 0) is 89.6 Å². The molecule has 0 saturated carbocycles. The van der Waals surface area contributed by atoms with Gasteiger partial charge in [0, 0.05) is 24.3 Å². The molecule has 5 heterocycles. The Labute approximate surface area is 368 Å². The van der Waals surface area contributed by atoms with E-state index in [1.165, 1.54) is 11.1 Å². The monoisotopic (exact) mass is 962 g/mol. The van der Waals surface area contributed by atoms with Crippen molar-refractivity contribution in [2.45, 2.75) is 12.8 Å². The molecule has 0 aliphatic heterocycles. The third kappa shape index (κ3) is 8.05. The van der Waals surface area contributed by atoms with Crippen molar-refractivity contribution in [3.63, 3.8) is 0 Å². The molecule has 0 radical (unpaired) electrons. The van der Waals surface area contributed by atoms with Gasteiger partial charge in [0.15, 0.2) is 0 Å². The van der Waals surface area contributed by atoms with E-state index in [1.807, 2.05) is 103 Å². The number of imidazole rings is 2. The fourth-order valence-corrected chi connectivity index (χ4v) is 7.84. The molecule has 0 fully saturated rings. The minimum Gasteiger partial charge on any atom is -0.305 e. The average Bonchev–Trinajstić information content (AvgIpc) is 3.87. The summed E-state index contributed by atoms with van der Waals surface area (Å²) in [5.41, 5.74) is 15.9. The van der Waals surface area contributed by atoms with Crippen LogP contribution in [0.5, 0.6) is 0 Å². The third-order valence-corrected chi connectivity index (χ3v) is 10.6. The summed E-state index contributed by atoms with van der Waals surface area (Å²) in [6, 6.07) is 71.8. The van der Waals surface area contributed by atoms with Crippen molar-refractivity contribution in [3.8, 4) is 50.6 Å². The minimum atomic E-state index is 0. The Bertz CT molecular complexity index is 3150. The number of aryl methyl sites for hydroxylation is 2. The first-order valence-electron chi connectivity index (χ1n) is 20.0. The number of aromatic nitrogens is 6. The largest absolute Gasteiger partial charge is 3.00 e. The predicted molar refractivity (Wildman–Crippen MR) is 241 cm³/mol. The van der Waals surface area contributed by atoms with E-state index < -0.39 is 0 Å². The van der Waals surface area contributed by atoms with Crippen molar-refractivity contribution in [2.75, 3.05) is 0 Å². The van der Waals surface area contributed by atoms with Crippen molar-refractivity contribution in [3.05, 3.63) is 230 Å². The first-order valence-corrected chi connectivity index (χ1v) is 20.0. The van der Waals surface area contributed by atoms with Crippen molar-refractivity contribution in [1.82, 2.24) is 28.9 Å².